The monoisotopic (exact) mass is 342 g/mol. The van der Waals surface area contributed by atoms with E-state index in [1.54, 1.807) is 0 Å². The van der Waals surface area contributed by atoms with Gasteiger partial charge in [-0.25, -0.2) is 0 Å². The Morgan fingerprint density at radius 1 is 1.12 bits per heavy atom. The van der Waals surface area contributed by atoms with Gasteiger partial charge in [-0.3, -0.25) is 14.9 Å². The highest BCUT2D eigenvalue weighted by Gasteiger charge is 2.45. The average molecular weight is 342 g/mol. The first-order valence-corrected chi connectivity index (χ1v) is 9.38. The fraction of sp³-hybridized carbons (Fsp3) is 0.600. The highest BCUT2D eigenvalue weighted by molar-refractivity contribution is 6.00. The Kier molecular flexibility index (Phi) is 4.28. The maximum atomic E-state index is 12.0. The van der Waals surface area contributed by atoms with Crippen LogP contribution in [0.25, 0.3) is 0 Å². The number of carbonyl (C=O) groups excluding carboxylic acids is 2. The first kappa shape index (κ1) is 16.6. The molecule has 3 aliphatic rings. The highest BCUT2D eigenvalue weighted by Crippen LogP contribution is 2.52. The van der Waals surface area contributed by atoms with Gasteiger partial charge in [0.15, 0.2) is 0 Å². The van der Waals surface area contributed by atoms with Crippen molar-refractivity contribution in [3.63, 3.8) is 0 Å². The smallest absolute Gasteiger partial charge is 0.234 e. The minimum absolute atomic E-state index is 0.167. The van der Waals surface area contributed by atoms with E-state index in [2.05, 4.69) is 22.3 Å². The molecule has 2 heterocycles. The summed E-state index contributed by atoms with van der Waals surface area (Å²) in [4.78, 5) is 25.7. The van der Waals surface area contributed by atoms with Crippen molar-refractivity contribution in [2.75, 3.05) is 24.6 Å². The number of rotatable bonds is 3. The van der Waals surface area contributed by atoms with Gasteiger partial charge in [0.05, 0.1) is 5.92 Å². The number of imide groups is 1. The molecule has 0 aromatic heterocycles. The van der Waals surface area contributed by atoms with Gasteiger partial charge in [0.2, 0.25) is 11.8 Å². The lowest BCUT2D eigenvalue weighted by Crippen LogP contribution is -2.48. The SMILES string of the molecule is O=C1CCC(c2ccc(N3CCC4(CC3)CC(CO)C4)cc2)C(=O)N1. The molecule has 2 saturated heterocycles. The zero-order valence-corrected chi connectivity index (χ0v) is 14.5. The third-order valence-electron chi connectivity index (χ3n) is 6.43. The Labute approximate surface area is 148 Å². The number of nitrogens with one attached hydrogen (secondary N) is 1. The highest BCUT2D eigenvalue weighted by atomic mass is 16.3. The quantitative estimate of drug-likeness (QED) is 0.826. The number of aliphatic hydroxyl groups is 1. The fourth-order valence-corrected chi connectivity index (χ4v) is 4.87. The molecule has 2 N–H and O–H groups in total. The summed E-state index contributed by atoms with van der Waals surface area (Å²) in [6, 6.07) is 8.28. The Hall–Kier alpha value is -1.88. The van der Waals surface area contributed by atoms with E-state index in [9.17, 15) is 14.7 Å². The molecule has 3 fully saturated rings. The van der Waals surface area contributed by atoms with Crippen molar-refractivity contribution in [1.29, 1.82) is 0 Å². The van der Waals surface area contributed by atoms with E-state index in [-0.39, 0.29) is 17.7 Å². The van der Waals surface area contributed by atoms with Crippen molar-refractivity contribution in [1.82, 2.24) is 5.32 Å². The Morgan fingerprint density at radius 2 is 1.80 bits per heavy atom. The van der Waals surface area contributed by atoms with Crippen molar-refractivity contribution in [2.24, 2.45) is 11.3 Å². The maximum Gasteiger partial charge on any atom is 0.234 e. The van der Waals surface area contributed by atoms with Crippen molar-refractivity contribution in [3.05, 3.63) is 29.8 Å². The lowest BCUT2D eigenvalue weighted by Gasteiger charge is -2.52. The number of nitrogens with zero attached hydrogens (tertiary/aromatic N) is 1. The molecule has 0 radical (unpaired) electrons. The topological polar surface area (TPSA) is 69.6 Å². The molecule has 1 atom stereocenters. The molecule has 2 aliphatic heterocycles. The van der Waals surface area contributed by atoms with Gasteiger partial charge in [-0.2, -0.15) is 0 Å². The molecule has 25 heavy (non-hydrogen) atoms. The predicted octanol–water partition coefficient (Wildman–Crippen LogP) is 2.20. The summed E-state index contributed by atoms with van der Waals surface area (Å²) in [6.07, 6.45) is 5.80. The predicted molar refractivity (Wildman–Crippen MR) is 95.3 cm³/mol. The Bertz CT molecular complexity index is 654. The summed E-state index contributed by atoms with van der Waals surface area (Å²) < 4.78 is 0. The number of piperidine rings is 2. The number of aliphatic hydroxyl groups excluding tert-OH is 1. The number of hydrogen-bond donors (Lipinski definition) is 2. The van der Waals surface area contributed by atoms with E-state index < -0.39 is 0 Å². The summed E-state index contributed by atoms with van der Waals surface area (Å²) in [6.45, 7) is 2.47. The molecule has 1 aromatic rings. The first-order valence-electron chi connectivity index (χ1n) is 9.38. The van der Waals surface area contributed by atoms with E-state index in [0.717, 1.165) is 18.7 Å². The molecule has 2 amide bonds. The lowest BCUT2D eigenvalue weighted by molar-refractivity contribution is -0.134. The van der Waals surface area contributed by atoms with Crippen LogP contribution in [0.15, 0.2) is 24.3 Å². The van der Waals surface area contributed by atoms with Crippen LogP contribution in [-0.2, 0) is 9.59 Å². The summed E-state index contributed by atoms with van der Waals surface area (Å²) in [5.41, 5.74) is 2.69. The Balaban J connectivity index is 1.37. The molecule has 1 unspecified atom stereocenters. The van der Waals surface area contributed by atoms with Crippen LogP contribution in [0.4, 0.5) is 5.69 Å². The molecule has 0 bridgehead atoms. The summed E-state index contributed by atoms with van der Waals surface area (Å²) in [5, 5.41) is 11.7. The molecule has 5 nitrogen and oxygen atoms in total. The molecule has 5 heteroatoms. The largest absolute Gasteiger partial charge is 0.396 e. The minimum atomic E-state index is -0.207. The van der Waals surface area contributed by atoms with Gasteiger partial charge in [0, 0.05) is 31.8 Å². The second kappa shape index (κ2) is 6.45. The van der Waals surface area contributed by atoms with E-state index in [1.807, 2.05) is 12.1 Å². The lowest BCUT2D eigenvalue weighted by atomic mass is 9.58. The zero-order chi connectivity index (χ0) is 17.4. The standard InChI is InChI=1S/C20H26N2O3/c23-13-14-11-20(12-14)7-9-22(10-8-20)16-3-1-15(2-4-16)17-5-6-18(24)21-19(17)25/h1-4,14,17,23H,5-13H2,(H,21,24,25). The van der Waals surface area contributed by atoms with Crippen LogP contribution < -0.4 is 10.2 Å². The normalized spacial score (nSPS) is 26.4. The van der Waals surface area contributed by atoms with Crippen LogP contribution in [0.1, 0.15) is 50.0 Å². The average Bonchev–Trinajstić information content (AvgIpc) is 2.60. The summed E-state index contributed by atoms with van der Waals surface area (Å²) in [7, 11) is 0. The molecular formula is C20H26N2O3. The van der Waals surface area contributed by atoms with E-state index in [4.69, 9.17) is 0 Å². The van der Waals surface area contributed by atoms with Gasteiger partial charge < -0.3 is 10.0 Å². The molecule has 1 aliphatic carbocycles. The van der Waals surface area contributed by atoms with Crippen LogP contribution in [0.2, 0.25) is 0 Å². The molecule has 1 saturated carbocycles. The zero-order valence-electron chi connectivity index (χ0n) is 14.5. The van der Waals surface area contributed by atoms with Gasteiger partial charge >= 0.3 is 0 Å². The maximum absolute atomic E-state index is 12.0. The first-order chi connectivity index (χ1) is 12.1. The van der Waals surface area contributed by atoms with E-state index in [0.29, 0.717) is 30.8 Å². The van der Waals surface area contributed by atoms with Gasteiger partial charge in [0.25, 0.3) is 0 Å². The molecule has 134 valence electrons. The Morgan fingerprint density at radius 3 is 2.40 bits per heavy atom. The van der Waals surface area contributed by atoms with Gasteiger partial charge in [0.1, 0.15) is 0 Å². The number of hydrogen-bond acceptors (Lipinski definition) is 4. The van der Waals surface area contributed by atoms with Crippen LogP contribution in [0.5, 0.6) is 0 Å². The molecule has 1 spiro atoms. The van der Waals surface area contributed by atoms with Crippen LogP contribution in [0, 0.1) is 11.3 Å². The van der Waals surface area contributed by atoms with Crippen LogP contribution >= 0.6 is 0 Å². The van der Waals surface area contributed by atoms with E-state index in [1.165, 1.54) is 31.4 Å². The summed E-state index contributed by atoms with van der Waals surface area (Å²) >= 11 is 0. The molecule has 1 aromatic carbocycles. The van der Waals surface area contributed by atoms with Crippen molar-refractivity contribution in [3.8, 4) is 0 Å². The summed E-state index contributed by atoms with van der Waals surface area (Å²) in [5.74, 6) is -0.0204. The second-order valence-electron chi connectivity index (χ2n) is 8.04. The van der Waals surface area contributed by atoms with E-state index >= 15 is 0 Å². The van der Waals surface area contributed by atoms with Crippen molar-refractivity contribution in [2.45, 2.75) is 44.4 Å². The number of benzene rings is 1. The molecule has 4 rings (SSSR count). The third-order valence-corrected chi connectivity index (χ3v) is 6.43. The second-order valence-corrected chi connectivity index (χ2v) is 8.04. The minimum Gasteiger partial charge on any atom is -0.396 e. The van der Waals surface area contributed by atoms with Gasteiger partial charge in [-0.15, -0.1) is 0 Å². The van der Waals surface area contributed by atoms with Gasteiger partial charge in [-0.05, 0) is 61.1 Å². The number of carbonyl (C=O) groups is 2. The number of amides is 2. The van der Waals surface area contributed by atoms with Crippen LogP contribution in [-0.4, -0.2) is 36.6 Å². The van der Waals surface area contributed by atoms with Crippen molar-refractivity contribution < 1.29 is 14.7 Å². The molecular weight excluding hydrogens is 316 g/mol. The third kappa shape index (κ3) is 3.17. The van der Waals surface area contributed by atoms with Crippen molar-refractivity contribution >= 4 is 17.5 Å². The van der Waals surface area contributed by atoms with Crippen LogP contribution in [0.3, 0.4) is 0 Å². The van der Waals surface area contributed by atoms with Gasteiger partial charge in [-0.1, -0.05) is 12.1 Å². The number of anilines is 1. The fourth-order valence-electron chi connectivity index (χ4n) is 4.87.